The van der Waals surface area contributed by atoms with Crippen LogP contribution in [0.25, 0.3) is 0 Å². The predicted octanol–water partition coefficient (Wildman–Crippen LogP) is 3.26. The Balaban J connectivity index is 2.65. The molecule has 0 aromatic carbocycles. The summed E-state index contributed by atoms with van der Waals surface area (Å²) in [4.78, 5) is 9.07. The largest absolute Gasteiger partial charge is 0.377 e. The second kappa shape index (κ2) is 8.74. The van der Waals surface area contributed by atoms with E-state index < -0.39 is 0 Å². The van der Waals surface area contributed by atoms with Gasteiger partial charge in [-0.15, -0.1) is 0 Å². The Hall–Kier alpha value is -1.36. The van der Waals surface area contributed by atoms with Gasteiger partial charge in [-0.2, -0.15) is 0 Å². The molecule has 20 heavy (non-hydrogen) atoms. The highest BCUT2D eigenvalue weighted by Crippen LogP contribution is 2.16. The Morgan fingerprint density at radius 1 is 1.05 bits per heavy atom. The minimum absolute atomic E-state index is 0.259. The van der Waals surface area contributed by atoms with Crippen molar-refractivity contribution in [3.05, 3.63) is 11.9 Å². The van der Waals surface area contributed by atoms with E-state index in [9.17, 15) is 0 Å². The van der Waals surface area contributed by atoms with Gasteiger partial charge in [0.2, 0.25) is 0 Å². The van der Waals surface area contributed by atoms with Gasteiger partial charge in [0, 0.05) is 25.1 Å². The number of ether oxygens (including phenoxy) is 1. The molecule has 0 unspecified atom stereocenters. The molecule has 114 valence electrons. The van der Waals surface area contributed by atoms with E-state index >= 15 is 0 Å². The molecule has 0 saturated heterocycles. The third-order valence-electron chi connectivity index (χ3n) is 2.68. The summed E-state index contributed by atoms with van der Waals surface area (Å²) < 4.78 is 5.51. The van der Waals surface area contributed by atoms with Crippen molar-refractivity contribution in [3.63, 3.8) is 0 Å². The van der Waals surface area contributed by atoms with Gasteiger partial charge in [0.1, 0.15) is 17.5 Å². The third kappa shape index (κ3) is 6.19. The fraction of sp³-hybridized carbons (Fsp3) is 0.733. The maximum Gasteiger partial charge on any atom is 0.135 e. The summed E-state index contributed by atoms with van der Waals surface area (Å²) >= 11 is 0. The van der Waals surface area contributed by atoms with Gasteiger partial charge in [0.05, 0.1) is 12.7 Å². The van der Waals surface area contributed by atoms with Gasteiger partial charge in [-0.25, -0.2) is 9.97 Å². The van der Waals surface area contributed by atoms with E-state index in [-0.39, 0.29) is 6.10 Å². The zero-order chi connectivity index (χ0) is 15.0. The van der Waals surface area contributed by atoms with Gasteiger partial charge in [0.15, 0.2) is 0 Å². The Kier molecular flexibility index (Phi) is 7.30. The van der Waals surface area contributed by atoms with Gasteiger partial charge in [0.25, 0.3) is 0 Å². The van der Waals surface area contributed by atoms with Gasteiger partial charge in [-0.05, 0) is 20.3 Å². The molecule has 5 nitrogen and oxygen atoms in total. The second-order valence-electron chi connectivity index (χ2n) is 5.42. The average Bonchev–Trinajstić information content (AvgIpc) is 2.41. The van der Waals surface area contributed by atoms with E-state index in [0.29, 0.717) is 12.5 Å². The van der Waals surface area contributed by atoms with Crippen molar-refractivity contribution in [2.24, 2.45) is 0 Å². The summed E-state index contributed by atoms with van der Waals surface area (Å²) in [5.41, 5.74) is 0. The number of hydrogen-bond donors (Lipinski definition) is 2. The van der Waals surface area contributed by atoms with Crippen LogP contribution in [0.3, 0.4) is 0 Å². The van der Waals surface area contributed by atoms with E-state index in [1.54, 1.807) is 0 Å². The molecular formula is C15H28N4O. The van der Waals surface area contributed by atoms with E-state index in [1.807, 2.05) is 19.9 Å². The van der Waals surface area contributed by atoms with Crippen LogP contribution in [0.1, 0.15) is 52.8 Å². The van der Waals surface area contributed by atoms with Crippen LogP contribution in [0, 0.1) is 0 Å². The predicted molar refractivity (Wildman–Crippen MR) is 84.5 cm³/mol. The van der Waals surface area contributed by atoms with Gasteiger partial charge >= 0.3 is 0 Å². The molecule has 5 heteroatoms. The second-order valence-corrected chi connectivity index (χ2v) is 5.42. The molecule has 0 aliphatic carbocycles. The van der Waals surface area contributed by atoms with Crippen molar-refractivity contribution in [1.29, 1.82) is 0 Å². The zero-order valence-electron chi connectivity index (χ0n) is 13.4. The third-order valence-corrected chi connectivity index (χ3v) is 2.68. The van der Waals surface area contributed by atoms with Gasteiger partial charge < -0.3 is 15.4 Å². The topological polar surface area (TPSA) is 59.1 Å². The maximum absolute atomic E-state index is 5.51. The number of nitrogens with one attached hydrogen (secondary N) is 2. The lowest BCUT2D eigenvalue weighted by atomic mass is 10.2. The fourth-order valence-electron chi connectivity index (χ4n) is 1.63. The van der Waals surface area contributed by atoms with Crippen LogP contribution in [0.4, 0.5) is 11.6 Å². The van der Waals surface area contributed by atoms with Crippen molar-refractivity contribution >= 4 is 11.6 Å². The Morgan fingerprint density at radius 2 is 1.65 bits per heavy atom. The minimum Gasteiger partial charge on any atom is -0.377 e. The number of anilines is 2. The first-order valence-electron chi connectivity index (χ1n) is 7.51. The zero-order valence-corrected chi connectivity index (χ0v) is 13.4. The van der Waals surface area contributed by atoms with Crippen LogP contribution < -0.4 is 10.6 Å². The van der Waals surface area contributed by atoms with Gasteiger partial charge in [-0.1, -0.05) is 20.8 Å². The fourth-order valence-corrected chi connectivity index (χ4v) is 1.63. The molecule has 0 atom stereocenters. The summed E-state index contributed by atoms with van der Waals surface area (Å²) in [6.07, 6.45) is 1.33. The normalized spacial score (nSPS) is 11.2. The standard InChI is InChI=1S/C15H28N4O/c1-6-7-16-13-10-14(17-8-9-20-12(4)5)19-15(18-13)11(2)3/h10-12H,6-9H2,1-5H3,(H2,16,17,18,19). The van der Waals surface area contributed by atoms with Crippen LogP contribution in [0.2, 0.25) is 0 Å². The summed E-state index contributed by atoms with van der Waals surface area (Å²) in [6, 6.07) is 1.96. The van der Waals surface area contributed by atoms with E-state index in [0.717, 1.165) is 37.0 Å². The molecule has 0 amide bonds. The molecule has 0 aliphatic heterocycles. The van der Waals surface area contributed by atoms with Crippen LogP contribution in [0.15, 0.2) is 6.07 Å². The minimum atomic E-state index is 0.259. The molecular weight excluding hydrogens is 252 g/mol. The SMILES string of the molecule is CCCNc1cc(NCCOC(C)C)nc(C(C)C)n1. The maximum atomic E-state index is 5.51. The molecule has 2 N–H and O–H groups in total. The molecule has 0 spiro atoms. The van der Waals surface area contributed by atoms with Crippen LogP contribution in [0.5, 0.6) is 0 Å². The summed E-state index contributed by atoms with van der Waals surface area (Å²) in [5, 5.41) is 6.61. The highest BCUT2D eigenvalue weighted by Gasteiger charge is 2.07. The molecule has 0 bridgehead atoms. The van der Waals surface area contributed by atoms with E-state index in [1.165, 1.54) is 0 Å². The first-order chi connectivity index (χ1) is 9.52. The highest BCUT2D eigenvalue weighted by atomic mass is 16.5. The average molecular weight is 280 g/mol. The quantitative estimate of drug-likeness (QED) is 0.680. The first kappa shape index (κ1) is 16.7. The molecule has 1 aromatic rings. The monoisotopic (exact) mass is 280 g/mol. The van der Waals surface area contributed by atoms with E-state index in [2.05, 4.69) is 41.4 Å². The smallest absolute Gasteiger partial charge is 0.135 e. The molecule has 0 aliphatic rings. The summed E-state index contributed by atoms with van der Waals surface area (Å²) in [5.74, 6) is 2.91. The van der Waals surface area contributed by atoms with Crippen LogP contribution in [-0.4, -0.2) is 35.8 Å². The number of hydrogen-bond acceptors (Lipinski definition) is 5. The number of rotatable bonds is 9. The summed E-state index contributed by atoms with van der Waals surface area (Å²) in [7, 11) is 0. The highest BCUT2D eigenvalue weighted by molar-refractivity contribution is 5.47. The molecule has 1 heterocycles. The number of aromatic nitrogens is 2. The first-order valence-corrected chi connectivity index (χ1v) is 7.51. The van der Waals surface area contributed by atoms with Crippen LogP contribution >= 0.6 is 0 Å². The molecule has 0 saturated carbocycles. The van der Waals surface area contributed by atoms with Crippen molar-refractivity contribution in [2.75, 3.05) is 30.3 Å². The Labute approximate surface area is 122 Å². The van der Waals surface area contributed by atoms with Crippen molar-refractivity contribution in [2.45, 2.75) is 53.1 Å². The van der Waals surface area contributed by atoms with Crippen molar-refractivity contribution in [3.8, 4) is 0 Å². The molecule has 1 rings (SSSR count). The van der Waals surface area contributed by atoms with Crippen LogP contribution in [-0.2, 0) is 4.74 Å². The van der Waals surface area contributed by atoms with Crippen molar-refractivity contribution < 1.29 is 4.74 Å². The van der Waals surface area contributed by atoms with E-state index in [4.69, 9.17) is 4.74 Å². The lowest BCUT2D eigenvalue weighted by Gasteiger charge is -2.13. The summed E-state index contributed by atoms with van der Waals surface area (Å²) in [6.45, 7) is 12.8. The van der Waals surface area contributed by atoms with Crippen molar-refractivity contribution in [1.82, 2.24) is 9.97 Å². The molecule has 0 fully saturated rings. The van der Waals surface area contributed by atoms with Gasteiger partial charge in [-0.3, -0.25) is 0 Å². The Morgan fingerprint density at radius 3 is 2.15 bits per heavy atom. The lowest BCUT2D eigenvalue weighted by molar-refractivity contribution is 0.0870. The molecule has 0 radical (unpaired) electrons. The molecule has 1 aromatic heterocycles. The Bertz CT molecular complexity index is 393. The lowest BCUT2D eigenvalue weighted by Crippen LogP contribution is -2.15. The number of nitrogens with zero attached hydrogens (tertiary/aromatic N) is 2.